The summed E-state index contributed by atoms with van der Waals surface area (Å²) in [5, 5.41) is 3.48. The van der Waals surface area contributed by atoms with E-state index in [1.807, 2.05) is 12.1 Å². The van der Waals surface area contributed by atoms with Crippen LogP contribution in [0.4, 0.5) is 0 Å². The van der Waals surface area contributed by atoms with Gasteiger partial charge in [0.25, 0.3) is 0 Å². The van der Waals surface area contributed by atoms with Crippen molar-refractivity contribution >= 4 is 23.3 Å². The highest BCUT2D eigenvalue weighted by molar-refractivity contribution is 6.31. The van der Waals surface area contributed by atoms with E-state index in [-0.39, 0.29) is 16.2 Å². The van der Waals surface area contributed by atoms with Crippen LogP contribution in [-0.2, 0) is 10.8 Å². The van der Waals surface area contributed by atoms with Crippen LogP contribution >= 0.6 is 11.6 Å². The van der Waals surface area contributed by atoms with Crippen LogP contribution in [0.2, 0.25) is 5.02 Å². The molecule has 2 aliphatic carbocycles. The predicted octanol–water partition coefficient (Wildman–Crippen LogP) is 6.06. The Kier molecular flexibility index (Phi) is 4.28. The minimum atomic E-state index is -0.240. The normalized spacial score (nSPS) is 21.1. The molecule has 0 saturated carbocycles. The lowest BCUT2D eigenvalue weighted by Gasteiger charge is -2.43. The zero-order valence-electron chi connectivity index (χ0n) is 17.7. The highest BCUT2D eigenvalue weighted by Crippen LogP contribution is 2.50. The number of rotatable bonds is 1. The lowest BCUT2D eigenvalue weighted by Crippen LogP contribution is -2.38. The zero-order valence-corrected chi connectivity index (χ0v) is 18.5. The van der Waals surface area contributed by atoms with Crippen LogP contribution in [0.25, 0.3) is 11.6 Å². The van der Waals surface area contributed by atoms with Crippen molar-refractivity contribution in [3.63, 3.8) is 0 Å². The highest BCUT2D eigenvalue weighted by Gasteiger charge is 2.42. The van der Waals surface area contributed by atoms with E-state index in [1.54, 1.807) is 0 Å². The summed E-state index contributed by atoms with van der Waals surface area (Å²) in [6.07, 6.45) is 9.44. The van der Waals surface area contributed by atoms with Crippen LogP contribution in [0.1, 0.15) is 52.7 Å². The molecule has 0 nitrogen and oxygen atoms in total. The topological polar surface area (TPSA) is 0 Å². The minimum Gasteiger partial charge on any atom is -0.0840 e. The van der Waals surface area contributed by atoms with Gasteiger partial charge in [-0.3, -0.25) is 0 Å². The van der Waals surface area contributed by atoms with Crippen molar-refractivity contribution in [3.05, 3.63) is 92.9 Å². The fourth-order valence-electron chi connectivity index (χ4n) is 4.44. The Morgan fingerprint density at radius 2 is 1.61 bits per heavy atom. The van der Waals surface area contributed by atoms with Gasteiger partial charge in [0, 0.05) is 10.4 Å². The first kappa shape index (κ1) is 19.3. The molecule has 0 aromatic heterocycles. The monoisotopic (exact) mass is 388 g/mol. The van der Waals surface area contributed by atoms with E-state index in [2.05, 4.69) is 96.2 Å². The predicted molar refractivity (Wildman–Crippen MR) is 122 cm³/mol. The molecule has 0 N–H and O–H groups in total. The second-order valence-corrected chi connectivity index (χ2v) is 10.5. The van der Waals surface area contributed by atoms with Crippen molar-refractivity contribution in [2.24, 2.45) is 5.41 Å². The number of benzene rings is 2. The molecule has 2 aromatic carbocycles. The second-order valence-electron chi connectivity index (χ2n) is 10.1. The Bertz CT molecular complexity index is 1130. The van der Waals surface area contributed by atoms with Gasteiger partial charge in [0.15, 0.2) is 0 Å². The SMILES string of the molecule is CC(C)(C)c1ccc2c(c1)=CC1=CC(c3ccccc3Cl)(C(C)(C)C)C=CC=21. The third kappa shape index (κ3) is 2.90. The van der Waals surface area contributed by atoms with Gasteiger partial charge >= 0.3 is 0 Å². The summed E-state index contributed by atoms with van der Waals surface area (Å²) < 4.78 is 0. The minimum absolute atomic E-state index is 0.00773. The van der Waals surface area contributed by atoms with E-state index in [4.69, 9.17) is 11.6 Å². The largest absolute Gasteiger partial charge is 0.0840 e. The first-order valence-corrected chi connectivity index (χ1v) is 10.4. The summed E-state index contributed by atoms with van der Waals surface area (Å²) in [7, 11) is 0. The van der Waals surface area contributed by atoms with Crippen molar-refractivity contribution in [1.29, 1.82) is 0 Å². The molecule has 1 atom stereocenters. The van der Waals surface area contributed by atoms with Gasteiger partial charge in [-0.15, -0.1) is 0 Å². The van der Waals surface area contributed by atoms with Crippen LogP contribution < -0.4 is 10.4 Å². The van der Waals surface area contributed by atoms with Gasteiger partial charge in [-0.05, 0) is 55.7 Å². The Labute approximate surface area is 173 Å². The zero-order chi connectivity index (χ0) is 20.3. The summed E-state index contributed by atoms with van der Waals surface area (Å²) in [6.45, 7) is 13.7. The van der Waals surface area contributed by atoms with Gasteiger partial charge in [0.2, 0.25) is 0 Å². The molecular weight excluding hydrogens is 360 g/mol. The van der Waals surface area contributed by atoms with Gasteiger partial charge < -0.3 is 0 Å². The molecule has 2 aliphatic rings. The Morgan fingerprint density at radius 1 is 0.893 bits per heavy atom. The summed E-state index contributed by atoms with van der Waals surface area (Å²) >= 11 is 6.68. The van der Waals surface area contributed by atoms with Crippen molar-refractivity contribution in [1.82, 2.24) is 0 Å². The number of hydrogen-bond donors (Lipinski definition) is 0. The quantitative estimate of drug-likeness (QED) is 0.556. The fraction of sp³-hybridized carbons (Fsp3) is 0.333. The van der Waals surface area contributed by atoms with Gasteiger partial charge in [0.05, 0.1) is 0 Å². The summed E-state index contributed by atoms with van der Waals surface area (Å²) in [6, 6.07) is 15.2. The third-order valence-electron chi connectivity index (χ3n) is 6.29. The molecular formula is C27H29Cl. The van der Waals surface area contributed by atoms with Gasteiger partial charge in [-0.25, -0.2) is 0 Å². The molecule has 2 aromatic rings. The van der Waals surface area contributed by atoms with E-state index < -0.39 is 0 Å². The first-order chi connectivity index (χ1) is 13.0. The molecule has 0 saturated heterocycles. The highest BCUT2D eigenvalue weighted by atomic mass is 35.5. The Hall–Kier alpha value is -2.05. The summed E-state index contributed by atoms with van der Waals surface area (Å²) in [5.41, 5.74) is 5.08. The molecule has 4 rings (SSSR count). The fourth-order valence-corrected chi connectivity index (χ4v) is 4.74. The first-order valence-electron chi connectivity index (χ1n) is 10.1. The van der Waals surface area contributed by atoms with Crippen LogP contribution in [-0.4, -0.2) is 0 Å². The average molecular weight is 389 g/mol. The van der Waals surface area contributed by atoms with Gasteiger partial charge in [-0.1, -0.05) is 108 Å². The second kappa shape index (κ2) is 6.22. The van der Waals surface area contributed by atoms with E-state index in [0.29, 0.717) is 0 Å². The van der Waals surface area contributed by atoms with Crippen molar-refractivity contribution < 1.29 is 0 Å². The Morgan fingerprint density at radius 3 is 2.25 bits per heavy atom. The molecule has 144 valence electrons. The van der Waals surface area contributed by atoms with Crippen LogP contribution in [0.15, 0.2) is 66.3 Å². The number of halogens is 1. The van der Waals surface area contributed by atoms with E-state index in [9.17, 15) is 0 Å². The van der Waals surface area contributed by atoms with Crippen molar-refractivity contribution in [2.45, 2.75) is 52.4 Å². The molecule has 0 radical (unpaired) electrons. The maximum atomic E-state index is 6.68. The molecule has 1 heteroatoms. The number of fused-ring (bicyclic) bond motifs is 2. The molecule has 0 amide bonds. The molecule has 1 unspecified atom stereocenters. The van der Waals surface area contributed by atoms with E-state index in [1.165, 1.54) is 32.7 Å². The van der Waals surface area contributed by atoms with Gasteiger partial charge in [0.1, 0.15) is 0 Å². The molecule has 28 heavy (non-hydrogen) atoms. The van der Waals surface area contributed by atoms with Crippen molar-refractivity contribution in [2.75, 3.05) is 0 Å². The summed E-state index contributed by atoms with van der Waals surface area (Å²) in [4.78, 5) is 0. The summed E-state index contributed by atoms with van der Waals surface area (Å²) in [5.74, 6) is 0. The third-order valence-corrected chi connectivity index (χ3v) is 6.62. The maximum Gasteiger partial charge on any atom is 0.0450 e. The lowest BCUT2D eigenvalue weighted by molar-refractivity contribution is 0.289. The number of hydrogen-bond acceptors (Lipinski definition) is 0. The molecule has 0 bridgehead atoms. The lowest BCUT2D eigenvalue weighted by atomic mass is 9.60. The molecule has 0 spiro atoms. The van der Waals surface area contributed by atoms with E-state index in [0.717, 1.165) is 5.02 Å². The molecule has 0 aliphatic heterocycles. The van der Waals surface area contributed by atoms with Crippen LogP contribution in [0, 0.1) is 5.41 Å². The maximum absolute atomic E-state index is 6.68. The standard InChI is InChI=1S/C27H29Cl/c1-25(2,3)20-11-12-21-18(16-20)15-19-17-27(26(4,5)6,14-13-22(19)21)23-9-7-8-10-24(23)28/h7-17H,1-6H3. The molecule has 0 heterocycles. The number of allylic oxidation sites excluding steroid dienone is 4. The Balaban J connectivity index is 1.96. The van der Waals surface area contributed by atoms with Crippen molar-refractivity contribution in [3.8, 4) is 0 Å². The molecule has 0 fully saturated rings. The smallest absolute Gasteiger partial charge is 0.0450 e. The van der Waals surface area contributed by atoms with Gasteiger partial charge in [-0.2, -0.15) is 0 Å². The van der Waals surface area contributed by atoms with Crippen LogP contribution in [0.5, 0.6) is 0 Å². The van der Waals surface area contributed by atoms with Crippen LogP contribution in [0.3, 0.4) is 0 Å². The van der Waals surface area contributed by atoms with E-state index >= 15 is 0 Å². The average Bonchev–Trinajstić information content (AvgIpc) is 2.96.